The SMILES string of the molecule is CN(CCC(F)(F)F)Cc1nc(NN)c2ccsc2n1. The third-order valence-electron chi connectivity index (χ3n) is 2.70. The molecule has 0 aliphatic heterocycles. The van der Waals surface area contributed by atoms with Crippen LogP contribution < -0.4 is 11.3 Å². The lowest BCUT2D eigenvalue weighted by Gasteiger charge is -2.17. The summed E-state index contributed by atoms with van der Waals surface area (Å²) in [6.07, 6.45) is -5.01. The summed E-state index contributed by atoms with van der Waals surface area (Å²) in [7, 11) is 1.60. The van der Waals surface area contributed by atoms with Gasteiger partial charge in [0.2, 0.25) is 0 Å². The van der Waals surface area contributed by atoms with Crippen molar-refractivity contribution >= 4 is 27.4 Å². The number of nitrogens with one attached hydrogen (secondary N) is 1. The van der Waals surface area contributed by atoms with Gasteiger partial charge >= 0.3 is 6.18 Å². The Morgan fingerprint density at radius 3 is 2.80 bits per heavy atom. The van der Waals surface area contributed by atoms with Gasteiger partial charge in [-0.2, -0.15) is 13.2 Å². The Morgan fingerprint density at radius 1 is 1.40 bits per heavy atom. The van der Waals surface area contributed by atoms with Gasteiger partial charge in [0, 0.05) is 6.54 Å². The van der Waals surface area contributed by atoms with Crippen molar-refractivity contribution in [1.82, 2.24) is 14.9 Å². The van der Waals surface area contributed by atoms with Crippen molar-refractivity contribution in [1.29, 1.82) is 0 Å². The van der Waals surface area contributed by atoms with Crippen LogP contribution in [0.1, 0.15) is 12.2 Å². The van der Waals surface area contributed by atoms with E-state index in [9.17, 15) is 13.2 Å². The topological polar surface area (TPSA) is 67.1 Å². The maximum absolute atomic E-state index is 12.2. The molecule has 0 spiro atoms. The van der Waals surface area contributed by atoms with Crippen LogP contribution in [0.3, 0.4) is 0 Å². The zero-order chi connectivity index (χ0) is 14.8. The predicted molar refractivity (Wildman–Crippen MR) is 72.2 cm³/mol. The largest absolute Gasteiger partial charge is 0.390 e. The number of fused-ring (bicyclic) bond motifs is 1. The molecule has 2 aromatic rings. The number of aromatic nitrogens is 2. The third kappa shape index (κ3) is 3.78. The lowest BCUT2D eigenvalue weighted by Crippen LogP contribution is -2.25. The maximum Gasteiger partial charge on any atom is 0.390 e. The van der Waals surface area contributed by atoms with Crippen LogP contribution in [0.2, 0.25) is 0 Å². The van der Waals surface area contributed by atoms with Crippen LogP contribution in [0.15, 0.2) is 11.4 Å². The highest BCUT2D eigenvalue weighted by Gasteiger charge is 2.27. The minimum Gasteiger partial charge on any atom is -0.308 e. The van der Waals surface area contributed by atoms with E-state index >= 15 is 0 Å². The van der Waals surface area contributed by atoms with E-state index in [-0.39, 0.29) is 13.1 Å². The smallest absolute Gasteiger partial charge is 0.308 e. The molecule has 0 aliphatic carbocycles. The summed E-state index contributed by atoms with van der Waals surface area (Å²) < 4.78 is 36.5. The fraction of sp³-hybridized carbons (Fsp3) is 0.455. The normalized spacial score (nSPS) is 12.3. The van der Waals surface area contributed by atoms with Gasteiger partial charge in [-0.15, -0.1) is 11.3 Å². The van der Waals surface area contributed by atoms with Gasteiger partial charge in [0.1, 0.15) is 10.7 Å². The molecule has 0 saturated carbocycles. The number of hydrogen-bond acceptors (Lipinski definition) is 6. The van der Waals surface area contributed by atoms with E-state index in [1.807, 2.05) is 11.4 Å². The molecule has 0 aromatic carbocycles. The number of hydrogen-bond donors (Lipinski definition) is 2. The first-order valence-corrected chi connectivity index (χ1v) is 6.73. The number of nitrogens with two attached hydrogens (primary N) is 1. The lowest BCUT2D eigenvalue weighted by molar-refractivity contribution is -0.137. The summed E-state index contributed by atoms with van der Waals surface area (Å²) in [5, 5.41) is 2.66. The van der Waals surface area contributed by atoms with E-state index in [2.05, 4.69) is 15.4 Å². The zero-order valence-electron chi connectivity index (χ0n) is 10.7. The van der Waals surface area contributed by atoms with Crippen LogP contribution in [-0.4, -0.2) is 34.6 Å². The molecule has 9 heteroatoms. The minimum absolute atomic E-state index is 0.0965. The number of thiophene rings is 1. The van der Waals surface area contributed by atoms with Crippen molar-refractivity contribution in [3.05, 3.63) is 17.3 Å². The van der Waals surface area contributed by atoms with E-state index in [1.165, 1.54) is 16.2 Å². The Labute approximate surface area is 117 Å². The Balaban J connectivity index is 2.09. The minimum atomic E-state index is -4.16. The Kier molecular flexibility index (Phi) is 4.41. The Hall–Kier alpha value is -1.45. The number of alkyl halides is 3. The number of rotatable bonds is 5. The number of nitrogens with zero attached hydrogens (tertiary/aromatic N) is 3. The molecule has 0 bridgehead atoms. The summed E-state index contributed by atoms with van der Waals surface area (Å²) >= 11 is 1.43. The quantitative estimate of drug-likeness (QED) is 0.656. The van der Waals surface area contributed by atoms with Crippen LogP contribution in [0.25, 0.3) is 10.2 Å². The van der Waals surface area contributed by atoms with Crippen LogP contribution in [-0.2, 0) is 6.54 Å². The van der Waals surface area contributed by atoms with Gasteiger partial charge < -0.3 is 5.43 Å². The molecule has 0 aliphatic rings. The number of anilines is 1. The van der Waals surface area contributed by atoms with Crippen molar-refractivity contribution in [3.8, 4) is 0 Å². The van der Waals surface area contributed by atoms with Gasteiger partial charge in [0.15, 0.2) is 5.82 Å². The molecule has 5 nitrogen and oxygen atoms in total. The van der Waals surface area contributed by atoms with Crippen molar-refractivity contribution in [3.63, 3.8) is 0 Å². The molecule has 0 unspecified atom stereocenters. The molecular formula is C11H14F3N5S. The fourth-order valence-corrected chi connectivity index (χ4v) is 2.50. The van der Waals surface area contributed by atoms with Crippen molar-refractivity contribution in [2.75, 3.05) is 19.0 Å². The first kappa shape index (κ1) is 14.9. The second-order valence-electron chi connectivity index (χ2n) is 4.38. The summed E-state index contributed by atoms with van der Waals surface area (Å²) in [6.45, 7) is 0.138. The average Bonchev–Trinajstić information content (AvgIpc) is 2.82. The third-order valence-corrected chi connectivity index (χ3v) is 3.50. The van der Waals surface area contributed by atoms with E-state index in [1.54, 1.807) is 7.05 Å². The van der Waals surface area contributed by atoms with Crippen LogP contribution in [0, 0.1) is 0 Å². The second-order valence-corrected chi connectivity index (χ2v) is 5.27. The fourth-order valence-electron chi connectivity index (χ4n) is 1.72. The van der Waals surface area contributed by atoms with Crippen molar-refractivity contribution in [2.24, 2.45) is 5.84 Å². The lowest BCUT2D eigenvalue weighted by atomic mass is 10.3. The van der Waals surface area contributed by atoms with Gasteiger partial charge in [0.25, 0.3) is 0 Å². The average molecular weight is 305 g/mol. The van der Waals surface area contributed by atoms with Gasteiger partial charge in [0.05, 0.1) is 18.4 Å². The highest BCUT2D eigenvalue weighted by molar-refractivity contribution is 7.16. The number of nitrogen functional groups attached to an aromatic ring is 1. The molecule has 2 rings (SSSR count). The van der Waals surface area contributed by atoms with E-state index in [0.29, 0.717) is 11.6 Å². The highest BCUT2D eigenvalue weighted by atomic mass is 32.1. The molecule has 3 N–H and O–H groups in total. The number of hydrazine groups is 1. The molecule has 2 heterocycles. The summed E-state index contributed by atoms with van der Waals surface area (Å²) in [4.78, 5) is 10.8. The molecule has 110 valence electrons. The molecule has 0 radical (unpaired) electrons. The summed E-state index contributed by atoms with van der Waals surface area (Å²) in [6, 6.07) is 1.84. The molecule has 0 amide bonds. The molecule has 0 atom stereocenters. The van der Waals surface area contributed by atoms with Gasteiger partial charge in [-0.1, -0.05) is 0 Å². The van der Waals surface area contributed by atoms with E-state index in [0.717, 1.165) is 10.2 Å². The standard InChI is InChI=1S/C11H14F3N5S/c1-19(4-3-11(12,13)14)6-8-16-9(18-15)7-2-5-20-10(7)17-8/h2,5H,3-4,6,15H2,1H3,(H,16,17,18). The maximum atomic E-state index is 12.2. The van der Waals surface area contributed by atoms with Crippen LogP contribution >= 0.6 is 11.3 Å². The zero-order valence-corrected chi connectivity index (χ0v) is 11.6. The predicted octanol–water partition coefficient (Wildman–Crippen LogP) is 2.36. The Morgan fingerprint density at radius 2 is 2.15 bits per heavy atom. The van der Waals surface area contributed by atoms with E-state index in [4.69, 9.17) is 5.84 Å². The molecule has 20 heavy (non-hydrogen) atoms. The summed E-state index contributed by atoms with van der Waals surface area (Å²) in [5.41, 5.74) is 2.48. The van der Waals surface area contributed by atoms with E-state index < -0.39 is 12.6 Å². The molecule has 0 saturated heterocycles. The van der Waals surface area contributed by atoms with Gasteiger partial charge in [-0.25, -0.2) is 15.8 Å². The number of halogens is 3. The van der Waals surface area contributed by atoms with Crippen LogP contribution in [0.4, 0.5) is 19.0 Å². The monoisotopic (exact) mass is 305 g/mol. The molecule has 0 fully saturated rings. The van der Waals surface area contributed by atoms with Crippen molar-refractivity contribution in [2.45, 2.75) is 19.1 Å². The molecule has 2 aromatic heterocycles. The van der Waals surface area contributed by atoms with Crippen molar-refractivity contribution < 1.29 is 13.2 Å². The Bertz CT molecular complexity index is 583. The second kappa shape index (κ2) is 5.90. The summed E-state index contributed by atoms with van der Waals surface area (Å²) in [5.74, 6) is 6.32. The van der Waals surface area contributed by atoms with Crippen LogP contribution in [0.5, 0.6) is 0 Å². The first-order chi connectivity index (χ1) is 9.39. The van der Waals surface area contributed by atoms with Gasteiger partial charge in [-0.05, 0) is 18.5 Å². The molecular weight excluding hydrogens is 291 g/mol. The first-order valence-electron chi connectivity index (χ1n) is 5.85. The highest BCUT2D eigenvalue weighted by Crippen LogP contribution is 2.25. The van der Waals surface area contributed by atoms with Gasteiger partial charge in [-0.3, -0.25) is 4.90 Å².